The third kappa shape index (κ3) is 5.33. The number of aromatic nitrogens is 2. The molecule has 1 saturated carbocycles. The van der Waals surface area contributed by atoms with Crippen LogP contribution in [0.5, 0.6) is 0 Å². The van der Waals surface area contributed by atoms with E-state index in [1.807, 2.05) is 4.68 Å². The van der Waals surface area contributed by atoms with E-state index in [1.165, 1.54) is 18.4 Å². The van der Waals surface area contributed by atoms with Crippen LogP contribution in [-0.2, 0) is 17.8 Å². The van der Waals surface area contributed by atoms with Crippen molar-refractivity contribution in [3.8, 4) is 0 Å². The molecule has 1 aromatic rings. The molecule has 0 radical (unpaired) electrons. The van der Waals surface area contributed by atoms with Gasteiger partial charge in [0.25, 0.3) is 0 Å². The molecule has 1 heterocycles. The van der Waals surface area contributed by atoms with Crippen LogP contribution in [0.25, 0.3) is 0 Å². The standard InChI is InChI=1S/C15H27N3O/c1-12(2)6-8-19-9-7-18-11-14(13(3)17-18)10-16-15-4-5-15/h11-12,15-16H,4-10H2,1-3H3. The Kier molecular flexibility index (Phi) is 5.40. The summed E-state index contributed by atoms with van der Waals surface area (Å²) in [5.41, 5.74) is 2.45. The number of aryl methyl sites for hydroxylation is 1. The molecule has 0 aromatic carbocycles. The second-order valence-corrected chi connectivity index (χ2v) is 5.95. The fraction of sp³-hybridized carbons (Fsp3) is 0.800. The maximum Gasteiger partial charge on any atom is 0.0662 e. The highest BCUT2D eigenvalue weighted by Crippen LogP contribution is 2.19. The first kappa shape index (κ1) is 14.5. The lowest BCUT2D eigenvalue weighted by atomic mass is 10.1. The van der Waals surface area contributed by atoms with Crippen molar-refractivity contribution in [2.75, 3.05) is 13.2 Å². The molecule has 2 rings (SSSR count). The monoisotopic (exact) mass is 265 g/mol. The van der Waals surface area contributed by atoms with Gasteiger partial charge in [-0.05, 0) is 32.1 Å². The van der Waals surface area contributed by atoms with Crippen molar-refractivity contribution in [1.82, 2.24) is 15.1 Å². The number of hydrogen-bond donors (Lipinski definition) is 1. The maximum absolute atomic E-state index is 5.63. The highest BCUT2D eigenvalue weighted by atomic mass is 16.5. The van der Waals surface area contributed by atoms with Crippen molar-refractivity contribution in [2.24, 2.45) is 5.92 Å². The smallest absolute Gasteiger partial charge is 0.0662 e. The van der Waals surface area contributed by atoms with Gasteiger partial charge in [0.15, 0.2) is 0 Å². The van der Waals surface area contributed by atoms with E-state index in [1.54, 1.807) is 0 Å². The van der Waals surface area contributed by atoms with Gasteiger partial charge in [0.05, 0.1) is 18.8 Å². The first-order chi connectivity index (χ1) is 9.15. The Bertz CT molecular complexity index is 383. The first-order valence-corrected chi connectivity index (χ1v) is 7.49. The van der Waals surface area contributed by atoms with Gasteiger partial charge in [-0.3, -0.25) is 4.68 Å². The van der Waals surface area contributed by atoms with Crippen molar-refractivity contribution in [2.45, 2.75) is 59.2 Å². The third-order valence-electron chi connectivity index (χ3n) is 3.51. The maximum atomic E-state index is 5.63. The van der Waals surface area contributed by atoms with Crippen molar-refractivity contribution in [1.29, 1.82) is 0 Å². The summed E-state index contributed by atoms with van der Waals surface area (Å²) in [6.07, 6.45) is 5.94. The molecule has 4 nitrogen and oxygen atoms in total. The Balaban J connectivity index is 1.66. The van der Waals surface area contributed by atoms with Gasteiger partial charge in [-0.25, -0.2) is 0 Å². The van der Waals surface area contributed by atoms with E-state index < -0.39 is 0 Å². The highest BCUT2D eigenvalue weighted by molar-refractivity contribution is 5.15. The van der Waals surface area contributed by atoms with E-state index in [9.17, 15) is 0 Å². The van der Waals surface area contributed by atoms with E-state index in [-0.39, 0.29) is 0 Å². The normalized spacial score (nSPS) is 15.4. The van der Waals surface area contributed by atoms with Gasteiger partial charge in [-0.1, -0.05) is 13.8 Å². The summed E-state index contributed by atoms with van der Waals surface area (Å²) in [7, 11) is 0. The van der Waals surface area contributed by atoms with Gasteiger partial charge < -0.3 is 10.1 Å². The lowest BCUT2D eigenvalue weighted by molar-refractivity contribution is 0.114. The Hall–Kier alpha value is -0.870. The molecule has 0 aliphatic heterocycles. The summed E-state index contributed by atoms with van der Waals surface area (Å²) in [4.78, 5) is 0. The molecule has 0 atom stereocenters. The van der Waals surface area contributed by atoms with Crippen LogP contribution in [0.3, 0.4) is 0 Å². The summed E-state index contributed by atoms with van der Waals surface area (Å²) in [5, 5.41) is 8.07. The highest BCUT2D eigenvalue weighted by Gasteiger charge is 2.20. The van der Waals surface area contributed by atoms with Crippen LogP contribution in [0.4, 0.5) is 0 Å². The minimum atomic E-state index is 0.715. The van der Waals surface area contributed by atoms with E-state index in [0.717, 1.165) is 44.5 Å². The first-order valence-electron chi connectivity index (χ1n) is 7.49. The second kappa shape index (κ2) is 7.06. The molecule has 1 aromatic heterocycles. The van der Waals surface area contributed by atoms with Gasteiger partial charge in [-0.15, -0.1) is 0 Å². The van der Waals surface area contributed by atoms with E-state index in [4.69, 9.17) is 4.74 Å². The summed E-state index contributed by atoms with van der Waals surface area (Å²) >= 11 is 0. The van der Waals surface area contributed by atoms with Gasteiger partial charge in [0.1, 0.15) is 0 Å². The number of nitrogens with one attached hydrogen (secondary N) is 1. The number of nitrogens with zero attached hydrogens (tertiary/aromatic N) is 2. The van der Waals surface area contributed by atoms with Crippen LogP contribution in [-0.4, -0.2) is 29.0 Å². The third-order valence-corrected chi connectivity index (χ3v) is 3.51. The van der Waals surface area contributed by atoms with Crippen LogP contribution >= 0.6 is 0 Å². The second-order valence-electron chi connectivity index (χ2n) is 5.95. The Morgan fingerprint density at radius 1 is 1.42 bits per heavy atom. The fourth-order valence-corrected chi connectivity index (χ4v) is 1.97. The predicted molar refractivity (Wildman–Crippen MR) is 77.1 cm³/mol. The molecule has 0 amide bonds. The van der Waals surface area contributed by atoms with E-state index in [0.29, 0.717) is 5.92 Å². The fourth-order valence-electron chi connectivity index (χ4n) is 1.97. The average Bonchev–Trinajstić information content (AvgIpc) is 3.11. The number of hydrogen-bond acceptors (Lipinski definition) is 3. The molecule has 0 unspecified atom stereocenters. The van der Waals surface area contributed by atoms with Gasteiger partial charge in [-0.2, -0.15) is 5.10 Å². The Morgan fingerprint density at radius 2 is 2.21 bits per heavy atom. The van der Waals surface area contributed by atoms with E-state index in [2.05, 4.69) is 37.4 Å². The molecular weight excluding hydrogens is 238 g/mol. The summed E-state index contributed by atoms with van der Waals surface area (Å²) in [6, 6.07) is 0.752. The van der Waals surface area contributed by atoms with Gasteiger partial charge >= 0.3 is 0 Å². The molecule has 4 heteroatoms. The van der Waals surface area contributed by atoms with Crippen LogP contribution in [0.2, 0.25) is 0 Å². The molecule has 0 spiro atoms. The number of ether oxygens (including phenoxy) is 1. The topological polar surface area (TPSA) is 39.1 Å². The molecule has 0 saturated heterocycles. The molecule has 0 bridgehead atoms. The van der Waals surface area contributed by atoms with Crippen LogP contribution in [0.1, 0.15) is 44.4 Å². The van der Waals surface area contributed by atoms with Crippen LogP contribution in [0, 0.1) is 12.8 Å². The lowest BCUT2D eigenvalue weighted by Crippen LogP contribution is -2.15. The molecule has 1 N–H and O–H groups in total. The summed E-state index contributed by atoms with van der Waals surface area (Å²) in [5.74, 6) is 0.715. The summed E-state index contributed by atoms with van der Waals surface area (Å²) < 4.78 is 7.64. The molecule has 1 fully saturated rings. The van der Waals surface area contributed by atoms with Crippen LogP contribution < -0.4 is 5.32 Å². The SMILES string of the molecule is Cc1nn(CCOCCC(C)C)cc1CNC1CC1. The van der Waals surface area contributed by atoms with Gasteiger partial charge in [0.2, 0.25) is 0 Å². The molecule has 108 valence electrons. The van der Waals surface area contributed by atoms with Crippen molar-refractivity contribution < 1.29 is 4.74 Å². The van der Waals surface area contributed by atoms with Crippen molar-refractivity contribution >= 4 is 0 Å². The van der Waals surface area contributed by atoms with Crippen LogP contribution in [0.15, 0.2) is 6.20 Å². The predicted octanol–water partition coefficient (Wildman–Crippen LogP) is 2.51. The minimum Gasteiger partial charge on any atom is -0.380 e. The molecule has 1 aliphatic rings. The largest absolute Gasteiger partial charge is 0.380 e. The zero-order valence-electron chi connectivity index (χ0n) is 12.5. The zero-order valence-corrected chi connectivity index (χ0v) is 12.5. The lowest BCUT2D eigenvalue weighted by Gasteiger charge is -2.06. The van der Waals surface area contributed by atoms with E-state index >= 15 is 0 Å². The molecule has 1 aliphatic carbocycles. The Labute approximate surface area is 116 Å². The minimum absolute atomic E-state index is 0.715. The molecule has 19 heavy (non-hydrogen) atoms. The summed E-state index contributed by atoms with van der Waals surface area (Å²) in [6.45, 7) is 9.93. The van der Waals surface area contributed by atoms with Crippen molar-refractivity contribution in [3.05, 3.63) is 17.5 Å². The van der Waals surface area contributed by atoms with Gasteiger partial charge in [0, 0.05) is 31.0 Å². The molecular formula is C15H27N3O. The quantitative estimate of drug-likeness (QED) is 0.697. The number of rotatable bonds is 9. The Morgan fingerprint density at radius 3 is 2.89 bits per heavy atom. The zero-order chi connectivity index (χ0) is 13.7. The average molecular weight is 265 g/mol. The van der Waals surface area contributed by atoms with Crippen molar-refractivity contribution in [3.63, 3.8) is 0 Å².